The van der Waals surface area contributed by atoms with Crippen LogP contribution in [0.2, 0.25) is 0 Å². The van der Waals surface area contributed by atoms with E-state index >= 15 is 0 Å². The summed E-state index contributed by atoms with van der Waals surface area (Å²) in [6.45, 7) is 7.39. The van der Waals surface area contributed by atoms with Gasteiger partial charge in [0.1, 0.15) is 17.9 Å². The quantitative estimate of drug-likeness (QED) is 0.556. The molecule has 1 aromatic carbocycles. The van der Waals surface area contributed by atoms with Gasteiger partial charge in [0, 0.05) is 20.5 Å². The van der Waals surface area contributed by atoms with E-state index in [9.17, 15) is 14.4 Å². The number of benzene rings is 1. The molecule has 7 nitrogen and oxygen atoms in total. The third-order valence-electron chi connectivity index (χ3n) is 3.74. The summed E-state index contributed by atoms with van der Waals surface area (Å²) in [4.78, 5) is 37.2. The Morgan fingerprint density at radius 3 is 2.46 bits per heavy atom. The van der Waals surface area contributed by atoms with Gasteiger partial charge in [-0.2, -0.15) is 0 Å². The number of nitrogens with zero attached hydrogens (tertiary/aromatic N) is 2. The molecule has 7 heteroatoms. The first-order valence-electron chi connectivity index (χ1n) is 7.87. The first kappa shape index (κ1) is 19.0. The van der Waals surface area contributed by atoms with Gasteiger partial charge in [-0.15, -0.1) is 6.58 Å². The second-order valence-corrected chi connectivity index (χ2v) is 5.46. The van der Waals surface area contributed by atoms with Crippen LogP contribution in [0.1, 0.15) is 16.1 Å². The maximum Gasteiger partial charge on any atom is 0.347 e. The molecular formula is C19H20N2O5. The number of hydrogen-bond acceptors (Lipinski definition) is 5. The predicted octanol–water partition coefficient (Wildman–Crippen LogP) is 1.60. The molecule has 0 spiro atoms. The van der Waals surface area contributed by atoms with Gasteiger partial charge in [0.25, 0.3) is 5.56 Å². The number of carbonyl (C=O) groups is 1. The highest BCUT2D eigenvalue weighted by atomic mass is 16.5. The van der Waals surface area contributed by atoms with Gasteiger partial charge in [-0.05, 0) is 12.1 Å². The molecule has 136 valence electrons. The highest BCUT2D eigenvalue weighted by molar-refractivity contribution is 5.94. The van der Waals surface area contributed by atoms with Crippen LogP contribution >= 0.6 is 0 Å². The van der Waals surface area contributed by atoms with Crippen molar-refractivity contribution in [3.8, 4) is 11.5 Å². The van der Waals surface area contributed by atoms with E-state index in [2.05, 4.69) is 13.2 Å². The van der Waals surface area contributed by atoms with Crippen molar-refractivity contribution in [1.82, 2.24) is 9.13 Å². The molecule has 0 amide bonds. The van der Waals surface area contributed by atoms with E-state index in [0.717, 1.165) is 4.57 Å². The summed E-state index contributed by atoms with van der Waals surface area (Å²) in [5.74, 6) is -0.659. The highest BCUT2D eigenvalue weighted by Crippen LogP contribution is 2.21. The molecule has 0 saturated carbocycles. The highest BCUT2D eigenvalue weighted by Gasteiger charge is 2.21. The summed E-state index contributed by atoms with van der Waals surface area (Å²) in [6.07, 6.45) is 3.26. The summed E-state index contributed by atoms with van der Waals surface area (Å²) in [5, 5.41) is 0. The van der Waals surface area contributed by atoms with Gasteiger partial charge in [-0.25, -0.2) is 9.59 Å². The van der Waals surface area contributed by atoms with Gasteiger partial charge in [0.15, 0.2) is 0 Å². The molecule has 0 aliphatic heterocycles. The van der Waals surface area contributed by atoms with Crippen molar-refractivity contribution in [2.45, 2.75) is 6.42 Å². The van der Waals surface area contributed by atoms with Crippen LogP contribution in [0.4, 0.5) is 0 Å². The molecule has 0 saturated heterocycles. The van der Waals surface area contributed by atoms with Crippen LogP contribution < -0.4 is 20.7 Å². The number of ether oxygens (including phenoxy) is 2. The van der Waals surface area contributed by atoms with Gasteiger partial charge < -0.3 is 9.47 Å². The molecule has 0 aliphatic carbocycles. The number of aromatic nitrogens is 2. The first-order chi connectivity index (χ1) is 12.4. The molecule has 0 bridgehead atoms. The molecule has 26 heavy (non-hydrogen) atoms. The lowest BCUT2D eigenvalue weighted by Crippen LogP contribution is -2.40. The predicted molar refractivity (Wildman–Crippen MR) is 97.9 cm³/mol. The lowest BCUT2D eigenvalue weighted by molar-refractivity contribution is 0.0724. The normalized spacial score (nSPS) is 10.2. The Hall–Kier alpha value is -3.35. The minimum Gasteiger partial charge on any atom is -0.489 e. The van der Waals surface area contributed by atoms with E-state index in [4.69, 9.17) is 9.47 Å². The van der Waals surface area contributed by atoms with E-state index in [0.29, 0.717) is 5.75 Å². The van der Waals surface area contributed by atoms with Crippen molar-refractivity contribution < 1.29 is 14.3 Å². The van der Waals surface area contributed by atoms with Crippen molar-refractivity contribution in [3.05, 3.63) is 81.7 Å². The van der Waals surface area contributed by atoms with Crippen LogP contribution in [-0.2, 0) is 20.5 Å². The zero-order valence-electron chi connectivity index (χ0n) is 14.7. The fourth-order valence-corrected chi connectivity index (χ4v) is 2.38. The summed E-state index contributed by atoms with van der Waals surface area (Å²) < 4.78 is 13.0. The van der Waals surface area contributed by atoms with Crippen LogP contribution in [0.25, 0.3) is 0 Å². The van der Waals surface area contributed by atoms with E-state index in [-0.39, 0.29) is 30.0 Å². The van der Waals surface area contributed by atoms with Crippen LogP contribution in [-0.4, -0.2) is 21.7 Å². The van der Waals surface area contributed by atoms with Crippen LogP contribution in [0.5, 0.6) is 11.5 Å². The first-order valence-corrected chi connectivity index (χ1v) is 7.87. The minimum absolute atomic E-state index is 0.162. The number of carbonyl (C=O) groups excluding carboxylic acids is 1. The largest absolute Gasteiger partial charge is 0.489 e. The van der Waals surface area contributed by atoms with Gasteiger partial charge >= 0.3 is 11.7 Å². The lowest BCUT2D eigenvalue weighted by atomic mass is 10.2. The molecule has 0 unspecified atom stereocenters. The Balaban J connectivity index is 2.51. The van der Waals surface area contributed by atoms with Crippen LogP contribution in [0, 0.1) is 0 Å². The fourth-order valence-electron chi connectivity index (χ4n) is 2.38. The maximum absolute atomic E-state index is 12.6. The summed E-state index contributed by atoms with van der Waals surface area (Å²) >= 11 is 0. The van der Waals surface area contributed by atoms with E-state index < -0.39 is 17.2 Å². The number of para-hydroxylation sites is 1. The number of esters is 1. The number of allylic oxidation sites excluding steroid dienone is 1. The number of hydrogen-bond donors (Lipinski definition) is 0. The molecule has 0 atom stereocenters. The third-order valence-corrected chi connectivity index (χ3v) is 3.74. The second-order valence-electron chi connectivity index (χ2n) is 5.46. The third kappa shape index (κ3) is 3.66. The van der Waals surface area contributed by atoms with Gasteiger partial charge in [0.2, 0.25) is 5.75 Å². The molecule has 1 aromatic heterocycles. The molecule has 0 fully saturated rings. The summed E-state index contributed by atoms with van der Waals surface area (Å²) in [7, 11) is 2.82. The fraction of sp³-hybridized carbons (Fsp3) is 0.211. The molecule has 0 aliphatic rings. The minimum atomic E-state index is -0.759. The molecule has 0 N–H and O–H groups in total. The molecule has 1 heterocycles. The van der Waals surface area contributed by atoms with Crippen LogP contribution in [0.3, 0.4) is 0 Å². The zero-order chi connectivity index (χ0) is 19.3. The van der Waals surface area contributed by atoms with Crippen molar-refractivity contribution in [2.24, 2.45) is 14.1 Å². The van der Waals surface area contributed by atoms with Gasteiger partial charge in [-0.1, -0.05) is 30.9 Å². The van der Waals surface area contributed by atoms with E-state index in [1.54, 1.807) is 24.3 Å². The van der Waals surface area contributed by atoms with E-state index in [1.165, 1.54) is 30.8 Å². The second kappa shape index (κ2) is 8.15. The summed E-state index contributed by atoms with van der Waals surface area (Å²) in [5.41, 5.74) is -0.773. The maximum atomic E-state index is 12.6. The number of rotatable bonds is 7. The molecule has 2 aromatic rings. The Labute approximate surface area is 150 Å². The van der Waals surface area contributed by atoms with Crippen molar-refractivity contribution in [1.29, 1.82) is 0 Å². The lowest BCUT2D eigenvalue weighted by Gasteiger charge is -2.14. The molecule has 2 rings (SSSR count). The Kier molecular flexibility index (Phi) is 5.95. The molecular weight excluding hydrogens is 336 g/mol. The van der Waals surface area contributed by atoms with Crippen LogP contribution in [0.15, 0.2) is 59.2 Å². The SMILES string of the molecule is C=CCOc1ccccc1C(=O)Oc1c(CC=C)n(C)c(=O)n(C)c1=O. The van der Waals surface area contributed by atoms with Crippen molar-refractivity contribution >= 4 is 5.97 Å². The van der Waals surface area contributed by atoms with Gasteiger partial charge in [0.05, 0.1) is 5.69 Å². The van der Waals surface area contributed by atoms with Gasteiger partial charge in [-0.3, -0.25) is 13.9 Å². The summed E-state index contributed by atoms with van der Waals surface area (Å²) in [6, 6.07) is 6.51. The Bertz CT molecular complexity index is 969. The Morgan fingerprint density at radius 1 is 1.12 bits per heavy atom. The Morgan fingerprint density at radius 2 is 1.81 bits per heavy atom. The van der Waals surface area contributed by atoms with E-state index in [1.807, 2.05) is 0 Å². The monoisotopic (exact) mass is 356 g/mol. The molecule has 0 radical (unpaired) electrons. The smallest absolute Gasteiger partial charge is 0.347 e. The standard InChI is InChI=1S/C19H20N2O5/c1-5-9-14-16(17(22)21(4)19(24)20(14)3)26-18(23)13-10-7-8-11-15(13)25-12-6-2/h5-8,10-11H,1-2,9,12H2,3-4H3. The zero-order valence-corrected chi connectivity index (χ0v) is 14.7. The average Bonchev–Trinajstić information content (AvgIpc) is 2.65. The average molecular weight is 356 g/mol. The van der Waals surface area contributed by atoms with Crippen molar-refractivity contribution in [3.63, 3.8) is 0 Å². The van der Waals surface area contributed by atoms with Crippen molar-refractivity contribution in [2.75, 3.05) is 6.61 Å². The topological polar surface area (TPSA) is 79.5 Å².